The largest absolute Gasteiger partial charge is 0.497 e. The molecule has 1 atom stereocenters. The lowest BCUT2D eigenvalue weighted by molar-refractivity contribution is -0.141. The number of carbonyl (C=O) groups is 1. The van der Waals surface area contributed by atoms with Gasteiger partial charge in [0.15, 0.2) is 6.10 Å². The molecule has 0 aliphatic heterocycles. The molecule has 5 nitrogen and oxygen atoms in total. The van der Waals surface area contributed by atoms with Crippen LogP contribution in [0.2, 0.25) is 0 Å². The fraction of sp³-hybridized carbons (Fsp3) is 0.136. The number of ether oxygens (including phenoxy) is 4. The van der Waals surface area contributed by atoms with Crippen LogP contribution in [0.1, 0.15) is 6.92 Å². The van der Waals surface area contributed by atoms with E-state index in [0.29, 0.717) is 17.2 Å². The molecule has 3 rings (SSSR count). The summed E-state index contributed by atoms with van der Waals surface area (Å²) < 4.78 is 21.7. The quantitative estimate of drug-likeness (QED) is 0.443. The van der Waals surface area contributed by atoms with Gasteiger partial charge in [-0.1, -0.05) is 18.2 Å². The summed E-state index contributed by atoms with van der Waals surface area (Å²) in [6, 6.07) is 23.3. The van der Waals surface area contributed by atoms with Gasteiger partial charge in [-0.15, -0.1) is 0 Å². The SMILES string of the molecule is COc1ccc(OC(C)C(=O)Oc2ccc(Oc3ccccc3)cc2)cc1. The molecule has 0 aromatic heterocycles. The van der Waals surface area contributed by atoms with Crippen molar-refractivity contribution in [3.05, 3.63) is 78.9 Å². The Morgan fingerprint density at radius 3 is 1.85 bits per heavy atom. The number of esters is 1. The van der Waals surface area contributed by atoms with Gasteiger partial charge in [0.1, 0.15) is 28.7 Å². The van der Waals surface area contributed by atoms with Gasteiger partial charge >= 0.3 is 5.97 Å². The molecule has 0 bridgehead atoms. The first-order chi connectivity index (χ1) is 13.1. The van der Waals surface area contributed by atoms with Crippen LogP contribution in [0.15, 0.2) is 78.9 Å². The van der Waals surface area contributed by atoms with Crippen LogP contribution < -0.4 is 18.9 Å². The molecule has 0 aliphatic carbocycles. The molecule has 0 spiro atoms. The van der Waals surface area contributed by atoms with E-state index in [1.54, 1.807) is 62.6 Å². The summed E-state index contributed by atoms with van der Waals surface area (Å²) in [6.45, 7) is 1.64. The van der Waals surface area contributed by atoms with Crippen molar-refractivity contribution < 1.29 is 23.7 Å². The molecule has 0 heterocycles. The lowest BCUT2D eigenvalue weighted by Crippen LogP contribution is -2.28. The van der Waals surface area contributed by atoms with E-state index in [-0.39, 0.29) is 0 Å². The molecule has 0 N–H and O–H groups in total. The second-order valence-corrected chi connectivity index (χ2v) is 5.74. The first-order valence-electron chi connectivity index (χ1n) is 8.49. The van der Waals surface area contributed by atoms with E-state index in [0.717, 1.165) is 11.5 Å². The Morgan fingerprint density at radius 2 is 1.22 bits per heavy atom. The lowest BCUT2D eigenvalue weighted by Gasteiger charge is -2.14. The molecule has 5 heteroatoms. The summed E-state index contributed by atoms with van der Waals surface area (Å²) in [5.74, 6) is 2.61. The minimum atomic E-state index is -0.751. The van der Waals surface area contributed by atoms with Gasteiger partial charge in [-0.25, -0.2) is 4.79 Å². The highest BCUT2D eigenvalue weighted by Gasteiger charge is 2.17. The van der Waals surface area contributed by atoms with Gasteiger partial charge in [-0.05, 0) is 67.6 Å². The van der Waals surface area contributed by atoms with Crippen LogP contribution in [-0.4, -0.2) is 19.2 Å². The topological polar surface area (TPSA) is 54.0 Å². The van der Waals surface area contributed by atoms with Gasteiger partial charge in [0.05, 0.1) is 7.11 Å². The summed E-state index contributed by atoms with van der Waals surface area (Å²) in [5.41, 5.74) is 0. The Morgan fingerprint density at radius 1 is 0.704 bits per heavy atom. The molecule has 0 saturated heterocycles. The van der Waals surface area contributed by atoms with Crippen LogP contribution in [0.25, 0.3) is 0 Å². The summed E-state index contributed by atoms with van der Waals surface area (Å²) in [6.07, 6.45) is -0.751. The van der Waals surface area contributed by atoms with E-state index in [1.165, 1.54) is 0 Å². The number of para-hydroxylation sites is 1. The van der Waals surface area contributed by atoms with Crippen molar-refractivity contribution in [2.45, 2.75) is 13.0 Å². The molecule has 0 fully saturated rings. The number of hydrogen-bond donors (Lipinski definition) is 0. The van der Waals surface area contributed by atoms with E-state index in [2.05, 4.69) is 0 Å². The number of rotatable bonds is 7. The van der Waals surface area contributed by atoms with Crippen LogP contribution in [0.5, 0.6) is 28.7 Å². The summed E-state index contributed by atoms with van der Waals surface area (Å²) in [5, 5.41) is 0. The maximum atomic E-state index is 12.2. The van der Waals surface area contributed by atoms with Crippen LogP contribution in [0.3, 0.4) is 0 Å². The molecular formula is C22H20O5. The predicted octanol–water partition coefficient (Wildman–Crippen LogP) is 4.86. The minimum Gasteiger partial charge on any atom is -0.497 e. The molecule has 138 valence electrons. The van der Waals surface area contributed by atoms with E-state index in [9.17, 15) is 4.79 Å². The molecule has 0 amide bonds. The highest BCUT2D eigenvalue weighted by molar-refractivity contribution is 5.77. The van der Waals surface area contributed by atoms with Gasteiger partial charge in [0.2, 0.25) is 0 Å². The normalized spacial score (nSPS) is 11.3. The Kier molecular flexibility index (Phi) is 5.94. The Hall–Kier alpha value is -3.47. The summed E-state index contributed by atoms with van der Waals surface area (Å²) >= 11 is 0. The third kappa shape index (κ3) is 5.25. The van der Waals surface area contributed by atoms with Crippen LogP contribution in [0.4, 0.5) is 0 Å². The van der Waals surface area contributed by atoms with Crippen LogP contribution in [-0.2, 0) is 4.79 Å². The fourth-order valence-electron chi connectivity index (χ4n) is 2.31. The Bertz CT molecular complexity index is 857. The zero-order valence-corrected chi connectivity index (χ0v) is 15.1. The van der Waals surface area contributed by atoms with Crippen molar-refractivity contribution in [1.82, 2.24) is 0 Å². The van der Waals surface area contributed by atoms with Crippen molar-refractivity contribution in [1.29, 1.82) is 0 Å². The molecule has 1 unspecified atom stereocenters. The maximum Gasteiger partial charge on any atom is 0.352 e. The zero-order chi connectivity index (χ0) is 19.1. The third-order valence-electron chi connectivity index (χ3n) is 3.73. The molecule has 0 radical (unpaired) electrons. The predicted molar refractivity (Wildman–Crippen MR) is 102 cm³/mol. The monoisotopic (exact) mass is 364 g/mol. The van der Waals surface area contributed by atoms with Gasteiger partial charge < -0.3 is 18.9 Å². The van der Waals surface area contributed by atoms with Crippen LogP contribution >= 0.6 is 0 Å². The maximum absolute atomic E-state index is 12.2. The van der Waals surface area contributed by atoms with Crippen molar-refractivity contribution in [2.24, 2.45) is 0 Å². The van der Waals surface area contributed by atoms with E-state index < -0.39 is 12.1 Å². The number of methoxy groups -OCH3 is 1. The highest BCUT2D eigenvalue weighted by Crippen LogP contribution is 2.24. The first kappa shape index (κ1) is 18.3. The van der Waals surface area contributed by atoms with Gasteiger partial charge in [0, 0.05) is 0 Å². The zero-order valence-electron chi connectivity index (χ0n) is 15.1. The van der Waals surface area contributed by atoms with Gasteiger partial charge in [0.25, 0.3) is 0 Å². The smallest absolute Gasteiger partial charge is 0.352 e. The van der Waals surface area contributed by atoms with Crippen molar-refractivity contribution in [2.75, 3.05) is 7.11 Å². The van der Waals surface area contributed by atoms with Crippen molar-refractivity contribution >= 4 is 5.97 Å². The molecule has 0 aliphatic rings. The molecule has 27 heavy (non-hydrogen) atoms. The van der Waals surface area contributed by atoms with E-state index in [1.807, 2.05) is 30.3 Å². The summed E-state index contributed by atoms with van der Waals surface area (Å²) in [7, 11) is 1.59. The number of carbonyl (C=O) groups excluding carboxylic acids is 1. The molecule has 0 saturated carbocycles. The average molecular weight is 364 g/mol. The van der Waals surface area contributed by atoms with Crippen molar-refractivity contribution in [3.8, 4) is 28.7 Å². The van der Waals surface area contributed by atoms with E-state index in [4.69, 9.17) is 18.9 Å². The van der Waals surface area contributed by atoms with E-state index >= 15 is 0 Å². The standard InChI is InChI=1S/C22H20O5/c1-16(25-19-10-8-17(24-2)9-11-19)22(23)27-21-14-12-20(13-15-21)26-18-6-4-3-5-7-18/h3-16H,1-2H3. The summed E-state index contributed by atoms with van der Waals surface area (Å²) in [4.78, 5) is 12.2. The van der Waals surface area contributed by atoms with Crippen LogP contribution in [0, 0.1) is 0 Å². The van der Waals surface area contributed by atoms with Gasteiger partial charge in [-0.2, -0.15) is 0 Å². The minimum absolute atomic E-state index is 0.422. The van der Waals surface area contributed by atoms with Crippen molar-refractivity contribution in [3.63, 3.8) is 0 Å². The highest BCUT2D eigenvalue weighted by atomic mass is 16.6. The lowest BCUT2D eigenvalue weighted by atomic mass is 10.3. The molecule has 3 aromatic carbocycles. The molecule has 3 aromatic rings. The Balaban J connectivity index is 1.54. The first-order valence-corrected chi connectivity index (χ1v) is 8.49. The second kappa shape index (κ2) is 8.76. The molecular weight excluding hydrogens is 344 g/mol. The van der Waals surface area contributed by atoms with Gasteiger partial charge in [-0.3, -0.25) is 0 Å². The number of benzene rings is 3. The number of hydrogen-bond acceptors (Lipinski definition) is 5. The fourth-order valence-corrected chi connectivity index (χ4v) is 2.31. The third-order valence-corrected chi connectivity index (χ3v) is 3.73. The average Bonchev–Trinajstić information content (AvgIpc) is 2.71. The Labute approximate surface area is 158 Å². The second-order valence-electron chi connectivity index (χ2n) is 5.74.